The number of benzene rings is 10. The number of hydrogen-bond donors (Lipinski definition) is 0. The van der Waals surface area contributed by atoms with Gasteiger partial charge in [-0.1, -0.05) is 299 Å². The average Bonchev–Trinajstić information content (AvgIpc) is 1.66. The summed E-state index contributed by atoms with van der Waals surface area (Å²) in [6, 6.07) is 85.9. The highest BCUT2D eigenvalue weighted by molar-refractivity contribution is 6.13. The minimum absolute atomic E-state index is 0.384. The second-order valence-electron chi connectivity index (χ2n) is 30.5. The van der Waals surface area contributed by atoms with Crippen LogP contribution in [0.3, 0.4) is 0 Å². The normalized spacial score (nSPS) is 11.6. The first kappa shape index (κ1) is 73.1. The lowest BCUT2D eigenvalue weighted by Gasteiger charge is -2.04. The van der Waals surface area contributed by atoms with Crippen LogP contribution < -0.4 is 0 Å². The molecule has 20 aromatic rings. The second kappa shape index (κ2) is 31.5. The van der Waals surface area contributed by atoms with Crippen LogP contribution in [-0.4, -0.2) is 24.9 Å². The largest absolute Gasteiger partial charge is 0.455 e. The molecule has 10 aromatic heterocycles. The Labute approximate surface area is 652 Å². The van der Waals surface area contributed by atoms with Crippen LogP contribution in [0.2, 0.25) is 0 Å². The van der Waals surface area contributed by atoms with Gasteiger partial charge in [0.1, 0.15) is 50.1 Å². The van der Waals surface area contributed by atoms with Crippen LogP contribution in [0, 0.1) is 13.8 Å². The van der Waals surface area contributed by atoms with E-state index in [1.54, 1.807) is 0 Å². The smallest absolute Gasteiger partial charge is 0.227 e. The molecule has 0 radical (unpaired) electrons. The van der Waals surface area contributed by atoms with Gasteiger partial charge in [-0.3, -0.25) is 19.9 Å². The van der Waals surface area contributed by atoms with Gasteiger partial charge in [0, 0.05) is 125 Å². The van der Waals surface area contributed by atoms with E-state index >= 15 is 0 Å². The van der Waals surface area contributed by atoms with Gasteiger partial charge in [-0.05, 0) is 118 Å². The van der Waals surface area contributed by atoms with Gasteiger partial charge in [0.25, 0.3) is 0 Å². The van der Waals surface area contributed by atoms with Crippen molar-refractivity contribution in [2.24, 2.45) is 0 Å². The van der Waals surface area contributed by atoms with E-state index in [2.05, 4.69) is 296 Å². The average molecular weight is 1460 g/mol. The molecule has 10 aromatic carbocycles. The molecule has 0 aliphatic heterocycles. The Hall–Kier alpha value is -13.1. The molecule has 0 atom stereocenters. The summed E-state index contributed by atoms with van der Waals surface area (Å²) in [5.74, 6) is 2.10. The number of fused-ring (bicyclic) bond motifs is 15. The summed E-state index contributed by atoms with van der Waals surface area (Å²) in [4.78, 5) is 22.5. The maximum absolute atomic E-state index is 6.33. The van der Waals surface area contributed by atoms with E-state index in [9.17, 15) is 0 Å². The van der Waals surface area contributed by atoms with E-state index in [1.165, 1.54) is 44.5 Å². The monoisotopic (exact) mass is 1460 g/mol. The highest BCUT2D eigenvalue weighted by Crippen LogP contribution is 2.44. The Morgan fingerprint density at radius 1 is 0.232 bits per heavy atom. The Kier molecular flexibility index (Phi) is 20.6. The summed E-state index contributed by atoms with van der Waals surface area (Å²) in [6.07, 6.45) is 13.3. The molecular weight excluding hydrogens is 1380 g/mol. The Morgan fingerprint density at radius 3 is 1.15 bits per heavy atom. The SMILES string of the molecule is CC(C)c1cccc2c1oc1c(-c3ccccc3)ccnc12.CC(C)c1cccc2c1oc1c(-c3ccccc3)cncc12.CC(C)c1cnc2oc3c(-c4ccccc4)cccc3c2c1.Cc1cccc(-c2cccc3c2oc2c(C(C)C)ccnc23)c1.Cc1cccc(-c2cccc3c2oc2c(C(C)C)cncc23)c1. The predicted octanol–water partition coefficient (Wildman–Crippen LogP) is 29.5. The van der Waals surface area contributed by atoms with E-state index in [4.69, 9.17) is 22.1 Å². The molecule has 10 nitrogen and oxygen atoms in total. The molecule has 0 saturated heterocycles. The van der Waals surface area contributed by atoms with Crippen LogP contribution >= 0.6 is 0 Å². The summed E-state index contributed by atoms with van der Waals surface area (Å²) in [5, 5.41) is 8.87. The van der Waals surface area contributed by atoms with Crippen LogP contribution in [0.15, 0.2) is 314 Å². The maximum atomic E-state index is 6.33. The van der Waals surface area contributed by atoms with E-state index in [-0.39, 0.29) is 0 Å². The highest BCUT2D eigenvalue weighted by atomic mass is 16.3. The van der Waals surface area contributed by atoms with Crippen LogP contribution in [0.4, 0.5) is 0 Å². The van der Waals surface area contributed by atoms with E-state index < -0.39 is 0 Å². The number of para-hydroxylation sites is 5. The molecule has 20 rings (SSSR count). The third kappa shape index (κ3) is 14.3. The Morgan fingerprint density at radius 2 is 0.607 bits per heavy atom. The van der Waals surface area contributed by atoms with Gasteiger partial charge in [-0.2, -0.15) is 0 Å². The second-order valence-corrected chi connectivity index (χ2v) is 30.5. The zero-order valence-electron chi connectivity index (χ0n) is 65.4. The zero-order valence-corrected chi connectivity index (χ0v) is 65.4. The molecule has 0 N–H and O–H groups in total. The summed E-state index contributed by atoms with van der Waals surface area (Å²) in [6.45, 7) is 26.1. The van der Waals surface area contributed by atoms with Crippen molar-refractivity contribution in [3.05, 3.63) is 331 Å². The van der Waals surface area contributed by atoms with Crippen molar-refractivity contribution < 1.29 is 22.1 Å². The van der Waals surface area contributed by atoms with Gasteiger partial charge in [0.2, 0.25) is 5.71 Å². The molecule has 0 fully saturated rings. The van der Waals surface area contributed by atoms with Crippen molar-refractivity contribution in [2.75, 3.05) is 0 Å². The minimum atomic E-state index is 0.384. The van der Waals surface area contributed by atoms with Crippen molar-refractivity contribution in [1.82, 2.24) is 24.9 Å². The third-order valence-electron chi connectivity index (χ3n) is 21.1. The van der Waals surface area contributed by atoms with Crippen LogP contribution in [0.25, 0.3) is 166 Å². The predicted molar refractivity (Wildman–Crippen MR) is 465 cm³/mol. The maximum Gasteiger partial charge on any atom is 0.227 e. The zero-order chi connectivity index (χ0) is 77.3. The number of aromatic nitrogens is 5. The van der Waals surface area contributed by atoms with Crippen LogP contribution in [0.1, 0.15) is 138 Å². The molecule has 10 heterocycles. The lowest BCUT2D eigenvalue weighted by Crippen LogP contribution is -1.88. The van der Waals surface area contributed by atoms with Crippen molar-refractivity contribution >= 4 is 110 Å². The minimum Gasteiger partial charge on any atom is -0.455 e. The molecular formula is C102H89N5O5. The molecule has 10 heteroatoms. The molecule has 0 bridgehead atoms. The number of pyridine rings is 5. The summed E-state index contributed by atoms with van der Waals surface area (Å²) in [7, 11) is 0. The first-order valence-electron chi connectivity index (χ1n) is 38.8. The van der Waals surface area contributed by atoms with Crippen molar-refractivity contribution in [3.63, 3.8) is 0 Å². The molecule has 0 aliphatic rings. The quantitative estimate of drug-likeness (QED) is 0.130. The number of aryl methyl sites for hydroxylation is 2. The topological polar surface area (TPSA) is 130 Å². The number of nitrogens with zero attached hydrogens (tertiary/aromatic N) is 5. The van der Waals surface area contributed by atoms with Crippen molar-refractivity contribution in [1.29, 1.82) is 0 Å². The Balaban J connectivity index is 0.000000106. The fraction of sp³-hybridized carbons (Fsp3) is 0.167. The molecule has 0 spiro atoms. The Bertz CT molecular complexity index is 6430. The fourth-order valence-electron chi connectivity index (χ4n) is 15.2. The van der Waals surface area contributed by atoms with Gasteiger partial charge in [0.05, 0.1) is 0 Å². The number of rotatable bonds is 10. The van der Waals surface area contributed by atoms with E-state index in [1.807, 2.05) is 104 Å². The fourth-order valence-corrected chi connectivity index (χ4v) is 15.2. The first-order valence-corrected chi connectivity index (χ1v) is 38.8. The molecule has 552 valence electrons. The highest BCUT2D eigenvalue weighted by Gasteiger charge is 2.23. The number of hydrogen-bond acceptors (Lipinski definition) is 10. The van der Waals surface area contributed by atoms with Gasteiger partial charge in [-0.25, -0.2) is 4.98 Å². The lowest BCUT2D eigenvalue weighted by atomic mass is 10.00. The molecule has 0 saturated carbocycles. The van der Waals surface area contributed by atoms with Crippen molar-refractivity contribution in [2.45, 2.75) is 113 Å². The standard InChI is InChI=1S/2C21H19NO.3C20H17NO/c1-13(2)18-11-22-12-19-17-9-5-8-16(20(17)23-21(18)19)15-7-4-6-14(3)10-15;1-13(2)16-10-11-22-19-18-9-5-8-17(20(18)23-21(16)19)15-7-4-6-14(3)12-15;1-13(2)15-11-18-17-10-6-9-16(14-7-4-3-5-8-14)19(17)22-20(18)21-12-15;1-13(2)15-9-6-10-16-18-12-21-11-17(20(18)22-19(15)16)14-7-4-3-5-8-14;1-13(2)15-9-6-10-17-18-20(22-19(15)17)16(11-12-21-18)14-7-4-3-5-8-14/h2*4-13H,1-3H3;3*3-13H,1-2H3. The molecule has 112 heavy (non-hydrogen) atoms. The van der Waals surface area contributed by atoms with Gasteiger partial charge in [0.15, 0.2) is 11.2 Å². The van der Waals surface area contributed by atoms with Crippen LogP contribution in [0.5, 0.6) is 0 Å². The van der Waals surface area contributed by atoms with E-state index in [0.717, 1.165) is 154 Å². The summed E-state index contributed by atoms with van der Waals surface area (Å²) >= 11 is 0. The summed E-state index contributed by atoms with van der Waals surface area (Å²) in [5.41, 5.74) is 30.9. The molecule has 0 amide bonds. The number of furan rings is 5. The molecule has 0 aliphatic carbocycles. The van der Waals surface area contributed by atoms with Crippen LogP contribution in [-0.2, 0) is 0 Å². The van der Waals surface area contributed by atoms with Gasteiger partial charge < -0.3 is 22.1 Å². The van der Waals surface area contributed by atoms with Crippen molar-refractivity contribution in [3.8, 4) is 55.6 Å². The summed E-state index contributed by atoms with van der Waals surface area (Å²) < 4.78 is 31.3. The lowest BCUT2D eigenvalue weighted by molar-refractivity contribution is 0.654. The first-order chi connectivity index (χ1) is 54.5. The van der Waals surface area contributed by atoms with E-state index in [0.29, 0.717) is 35.3 Å². The molecule has 0 unspecified atom stereocenters. The van der Waals surface area contributed by atoms with Gasteiger partial charge in [-0.15, -0.1) is 0 Å². The third-order valence-corrected chi connectivity index (χ3v) is 21.1. The van der Waals surface area contributed by atoms with Gasteiger partial charge >= 0.3 is 0 Å².